The molecule has 7 heteroatoms. The third-order valence-electron chi connectivity index (χ3n) is 5.80. The Kier molecular flexibility index (Phi) is 7.28. The number of para-hydroxylation sites is 1. The lowest BCUT2D eigenvalue weighted by Gasteiger charge is -2.34. The van der Waals surface area contributed by atoms with Crippen molar-refractivity contribution < 1.29 is 19.1 Å². The molecule has 1 unspecified atom stereocenters. The molecule has 1 atom stereocenters. The van der Waals surface area contributed by atoms with Crippen LogP contribution >= 0.6 is 0 Å². The van der Waals surface area contributed by atoms with E-state index in [1.807, 2.05) is 29.2 Å². The highest BCUT2D eigenvalue weighted by Crippen LogP contribution is 2.21. The first kappa shape index (κ1) is 20.6. The summed E-state index contributed by atoms with van der Waals surface area (Å²) in [7, 11) is 1.61. The molecule has 2 fully saturated rings. The van der Waals surface area contributed by atoms with Gasteiger partial charge in [0, 0.05) is 37.9 Å². The third-order valence-corrected chi connectivity index (χ3v) is 5.80. The highest BCUT2D eigenvalue weighted by molar-refractivity contribution is 5.82. The summed E-state index contributed by atoms with van der Waals surface area (Å²) in [4.78, 5) is 27.0. The number of nitrogens with zero attached hydrogens (tertiary/aromatic N) is 1. The van der Waals surface area contributed by atoms with E-state index in [2.05, 4.69) is 5.32 Å². The summed E-state index contributed by atoms with van der Waals surface area (Å²) in [5.41, 5.74) is 7.05. The normalized spacial score (nSPS) is 19.9. The van der Waals surface area contributed by atoms with Crippen LogP contribution in [0.5, 0.6) is 5.75 Å². The Bertz CT molecular complexity index is 667. The van der Waals surface area contributed by atoms with E-state index in [1.165, 1.54) is 0 Å². The van der Waals surface area contributed by atoms with Gasteiger partial charge in [-0.1, -0.05) is 18.2 Å². The van der Waals surface area contributed by atoms with E-state index >= 15 is 0 Å². The van der Waals surface area contributed by atoms with Crippen molar-refractivity contribution in [3.05, 3.63) is 29.8 Å². The molecule has 0 aliphatic carbocycles. The molecular weight excluding hydrogens is 358 g/mol. The molecule has 3 rings (SSSR count). The number of rotatable bonds is 6. The van der Waals surface area contributed by atoms with Crippen LogP contribution in [0.25, 0.3) is 0 Å². The van der Waals surface area contributed by atoms with Crippen LogP contribution in [0, 0.1) is 5.92 Å². The summed E-state index contributed by atoms with van der Waals surface area (Å²) >= 11 is 0. The molecule has 154 valence electrons. The molecule has 0 aromatic heterocycles. The van der Waals surface area contributed by atoms with Crippen LogP contribution in [-0.2, 0) is 20.7 Å². The van der Waals surface area contributed by atoms with Crippen LogP contribution in [0.2, 0.25) is 0 Å². The summed E-state index contributed by atoms with van der Waals surface area (Å²) in [6.07, 6.45) is 3.51. The number of nitrogens with two attached hydrogens (primary N) is 1. The number of nitrogens with one attached hydrogen (secondary N) is 1. The molecule has 3 N–H and O–H groups in total. The first-order chi connectivity index (χ1) is 13.6. The maximum atomic E-state index is 12.6. The number of methoxy groups -OCH3 is 1. The van der Waals surface area contributed by atoms with Gasteiger partial charge in [0.15, 0.2) is 0 Å². The monoisotopic (exact) mass is 389 g/mol. The number of carbonyl (C=O) groups excluding carboxylic acids is 2. The zero-order chi connectivity index (χ0) is 19.9. The lowest BCUT2D eigenvalue weighted by atomic mass is 9.91. The van der Waals surface area contributed by atoms with Crippen LogP contribution in [0.3, 0.4) is 0 Å². The predicted octanol–water partition coefficient (Wildman–Crippen LogP) is 1.10. The standard InChI is InChI=1S/C21H31N3O4/c1-27-18-5-3-2-4-16(18)14-19(25)24-10-6-17(7-11-24)23-21(26)20(22)15-8-12-28-13-9-15/h2-5,15,17,20H,6-14,22H2,1H3,(H,23,26). The van der Waals surface area contributed by atoms with E-state index in [0.29, 0.717) is 32.7 Å². The van der Waals surface area contributed by atoms with Gasteiger partial charge in [-0.25, -0.2) is 0 Å². The molecule has 1 aromatic rings. The second-order valence-corrected chi connectivity index (χ2v) is 7.63. The molecule has 0 saturated carbocycles. The minimum atomic E-state index is -0.478. The number of hydrogen-bond acceptors (Lipinski definition) is 5. The first-order valence-corrected chi connectivity index (χ1v) is 10.1. The van der Waals surface area contributed by atoms with Crippen LogP contribution < -0.4 is 15.8 Å². The van der Waals surface area contributed by atoms with Gasteiger partial charge in [-0.15, -0.1) is 0 Å². The molecule has 2 amide bonds. The quantitative estimate of drug-likeness (QED) is 0.760. The smallest absolute Gasteiger partial charge is 0.237 e. The molecule has 2 aliphatic rings. The van der Waals surface area contributed by atoms with Gasteiger partial charge in [0.25, 0.3) is 0 Å². The van der Waals surface area contributed by atoms with Crippen LogP contribution in [0.1, 0.15) is 31.2 Å². The Morgan fingerprint density at radius 3 is 2.57 bits per heavy atom. The number of likely N-dealkylation sites (tertiary alicyclic amines) is 1. The number of ether oxygens (including phenoxy) is 2. The van der Waals surface area contributed by atoms with E-state index < -0.39 is 6.04 Å². The number of benzene rings is 1. The van der Waals surface area contributed by atoms with Crippen molar-refractivity contribution in [1.82, 2.24) is 10.2 Å². The molecule has 0 radical (unpaired) electrons. The molecule has 2 heterocycles. The summed E-state index contributed by atoms with van der Waals surface area (Å²) < 4.78 is 10.7. The molecule has 7 nitrogen and oxygen atoms in total. The van der Waals surface area contributed by atoms with E-state index in [-0.39, 0.29) is 23.8 Å². The van der Waals surface area contributed by atoms with Gasteiger partial charge in [-0.2, -0.15) is 0 Å². The second kappa shape index (κ2) is 9.89. The highest BCUT2D eigenvalue weighted by atomic mass is 16.5. The molecular formula is C21H31N3O4. The largest absolute Gasteiger partial charge is 0.496 e. The van der Waals surface area contributed by atoms with Crippen LogP contribution in [0.15, 0.2) is 24.3 Å². The molecule has 2 saturated heterocycles. The van der Waals surface area contributed by atoms with Crippen molar-refractivity contribution in [2.45, 2.75) is 44.2 Å². The predicted molar refractivity (Wildman–Crippen MR) is 106 cm³/mol. The Morgan fingerprint density at radius 2 is 1.89 bits per heavy atom. The average molecular weight is 389 g/mol. The van der Waals surface area contributed by atoms with Gasteiger partial charge in [0.05, 0.1) is 19.6 Å². The van der Waals surface area contributed by atoms with Crippen molar-refractivity contribution in [3.8, 4) is 5.75 Å². The van der Waals surface area contributed by atoms with Crippen molar-refractivity contribution in [2.75, 3.05) is 33.4 Å². The van der Waals surface area contributed by atoms with Gasteiger partial charge in [0.1, 0.15) is 5.75 Å². The lowest BCUT2D eigenvalue weighted by molar-refractivity contribution is -0.131. The topological polar surface area (TPSA) is 93.9 Å². The molecule has 28 heavy (non-hydrogen) atoms. The zero-order valence-corrected chi connectivity index (χ0v) is 16.6. The molecule has 1 aromatic carbocycles. The van der Waals surface area contributed by atoms with E-state index in [9.17, 15) is 9.59 Å². The zero-order valence-electron chi connectivity index (χ0n) is 16.6. The molecule has 2 aliphatic heterocycles. The summed E-state index contributed by atoms with van der Waals surface area (Å²) in [5.74, 6) is 0.940. The lowest BCUT2D eigenvalue weighted by Crippen LogP contribution is -2.53. The molecule has 0 spiro atoms. The third kappa shape index (κ3) is 5.23. The van der Waals surface area contributed by atoms with Gasteiger partial charge in [-0.3, -0.25) is 9.59 Å². The number of amides is 2. The summed E-state index contributed by atoms with van der Waals surface area (Å²) in [5, 5.41) is 3.08. The van der Waals surface area contributed by atoms with E-state index in [1.54, 1.807) is 7.11 Å². The number of hydrogen-bond donors (Lipinski definition) is 2. The van der Waals surface area contributed by atoms with Gasteiger partial charge in [-0.05, 0) is 37.7 Å². The fraction of sp³-hybridized carbons (Fsp3) is 0.619. The minimum absolute atomic E-state index is 0.0775. The second-order valence-electron chi connectivity index (χ2n) is 7.63. The van der Waals surface area contributed by atoms with Crippen molar-refractivity contribution in [2.24, 2.45) is 11.7 Å². The van der Waals surface area contributed by atoms with Crippen LogP contribution in [0.4, 0.5) is 0 Å². The van der Waals surface area contributed by atoms with Crippen LogP contribution in [-0.4, -0.2) is 62.2 Å². The number of carbonyl (C=O) groups is 2. The van der Waals surface area contributed by atoms with Crippen molar-refractivity contribution in [1.29, 1.82) is 0 Å². The highest BCUT2D eigenvalue weighted by Gasteiger charge is 2.30. The Hall–Kier alpha value is -2.12. The van der Waals surface area contributed by atoms with Gasteiger partial charge >= 0.3 is 0 Å². The van der Waals surface area contributed by atoms with Gasteiger partial charge in [0.2, 0.25) is 11.8 Å². The number of piperidine rings is 1. The summed E-state index contributed by atoms with van der Waals surface area (Å²) in [6, 6.07) is 7.19. The minimum Gasteiger partial charge on any atom is -0.496 e. The Labute approximate surface area is 166 Å². The Balaban J connectivity index is 1.44. The van der Waals surface area contributed by atoms with E-state index in [4.69, 9.17) is 15.2 Å². The first-order valence-electron chi connectivity index (χ1n) is 10.1. The fourth-order valence-electron chi connectivity index (χ4n) is 3.98. The SMILES string of the molecule is COc1ccccc1CC(=O)N1CCC(NC(=O)C(N)C2CCOCC2)CC1. The Morgan fingerprint density at radius 1 is 1.21 bits per heavy atom. The van der Waals surface area contributed by atoms with E-state index in [0.717, 1.165) is 37.0 Å². The fourth-order valence-corrected chi connectivity index (χ4v) is 3.98. The van der Waals surface area contributed by atoms with Crippen molar-refractivity contribution in [3.63, 3.8) is 0 Å². The average Bonchev–Trinajstić information content (AvgIpc) is 2.74. The summed E-state index contributed by atoms with van der Waals surface area (Å²) in [6.45, 7) is 2.65. The molecule has 0 bridgehead atoms. The van der Waals surface area contributed by atoms with Gasteiger partial charge < -0.3 is 25.4 Å². The maximum Gasteiger partial charge on any atom is 0.237 e. The maximum absolute atomic E-state index is 12.6. The van der Waals surface area contributed by atoms with Crippen molar-refractivity contribution >= 4 is 11.8 Å².